The molecule has 1 aliphatic rings. The molecule has 166 valence electrons. The summed E-state index contributed by atoms with van der Waals surface area (Å²) in [6.07, 6.45) is -1.44. The van der Waals surface area contributed by atoms with Crippen LogP contribution in [-0.2, 0) is 15.8 Å². The number of anilines is 1. The summed E-state index contributed by atoms with van der Waals surface area (Å²) < 4.78 is 38.9. The van der Waals surface area contributed by atoms with E-state index in [-0.39, 0.29) is 30.1 Å². The Morgan fingerprint density at radius 2 is 1.81 bits per heavy atom. The molecule has 9 heteroatoms. The molecule has 1 saturated heterocycles. The van der Waals surface area contributed by atoms with Crippen molar-refractivity contribution in [3.8, 4) is 0 Å². The molecule has 2 heterocycles. The normalized spacial score (nSPS) is 16.1. The maximum atomic E-state index is 12.7. The van der Waals surface area contributed by atoms with Crippen molar-refractivity contribution in [1.29, 1.82) is 0 Å². The van der Waals surface area contributed by atoms with Gasteiger partial charge in [-0.25, -0.2) is 4.98 Å². The van der Waals surface area contributed by atoms with Gasteiger partial charge in [0, 0.05) is 36.1 Å². The number of aromatic nitrogens is 1. The summed E-state index contributed by atoms with van der Waals surface area (Å²) >= 11 is 3.29. The molecule has 2 amide bonds. The van der Waals surface area contributed by atoms with E-state index >= 15 is 0 Å². The van der Waals surface area contributed by atoms with Crippen molar-refractivity contribution in [2.24, 2.45) is 5.92 Å². The zero-order valence-electron chi connectivity index (χ0n) is 17.0. The average Bonchev–Trinajstić information content (AvgIpc) is 2.75. The van der Waals surface area contributed by atoms with E-state index in [4.69, 9.17) is 0 Å². The van der Waals surface area contributed by atoms with E-state index in [0.717, 1.165) is 16.6 Å². The highest BCUT2D eigenvalue weighted by Crippen LogP contribution is 2.31. The van der Waals surface area contributed by atoms with Crippen LogP contribution in [0.15, 0.2) is 47.1 Å². The minimum absolute atomic E-state index is 0.0548. The molecule has 1 aromatic heterocycles. The lowest BCUT2D eigenvalue weighted by atomic mass is 9.93. The van der Waals surface area contributed by atoms with Crippen molar-refractivity contribution < 1.29 is 22.8 Å². The molecule has 0 spiro atoms. The van der Waals surface area contributed by atoms with E-state index in [2.05, 4.69) is 26.2 Å². The molecule has 1 unspecified atom stereocenters. The summed E-state index contributed by atoms with van der Waals surface area (Å²) in [7, 11) is 0. The molecule has 0 bridgehead atoms. The van der Waals surface area contributed by atoms with Crippen LogP contribution >= 0.6 is 15.9 Å². The van der Waals surface area contributed by atoms with Crippen LogP contribution in [0.4, 0.5) is 19.0 Å². The number of piperidine rings is 1. The summed E-state index contributed by atoms with van der Waals surface area (Å²) in [6.45, 7) is 2.78. The number of alkyl halides is 3. The Hall–Kier alpha value is -2.42. The van der Waals surface area contributed by atoms with Crippen molar-refractivity contribution in [3.63, 3.8) is 0 Å². The molecule has 1 aliphatic heterocycles. The number of pyridine rings is 1. The Morgan fingerprint density at radius 3 is 2.35 bits per heavy atom. The zero-order chi connectivity index (χ0) is 22.6. The highest BCUT2D eigenvalue weighted by atomic mass is 79.9. The van der Waals surface area contributed by atoms with E-state index < -0.39 is 11.7 Å². The SMILES string of the molecule is CC(CC(=O)N1CCC(C(=O)Nc2ccc(Br)cn2)CC1)c1ccc(C(F)(F)F)cc1. The van der Waals surface area contributed by atoms with Crippen LogP contribution in [-0.4, -0.2) is 34.8 Å². The molecule has 0 radical (unpaired) electrons. The number of hydrogen-bond acceptors (Lipinski definition) is 3. The van der Waals surface area contributed by atoms with Crippen LogP contribution in [0.5, 0.6) is 0 Å². The lowest BCUT2D eigenvalue weighted by Crippen LogP contribution is -2.41. The predicted molar refractivity (Wildman–Crippen MR) is 114 cm³/mol. The first kappa shape index (κ1) is 23.2. The number of amides is 2. The third-order valence-corrected chi connectivity index (χ3v) is 5.95. The molecule has 1 fully saturated rings. The Morgan fingerprint density at radius 1 is 1.16 bits per heavy atom. The fourth-order valence-corrected chi connectivity index (χ4v) is 3.81. The molecule has 0 saturated carbocycles. The lowest BCUT2D eigenvalue weighted by Gasteiger charge is -2.32. The molecule has 31 heavy (non-hydrogen) atoms. The molecular formula is C22H23BrF3N3O2. The van der Waals surface area contributed by atoms with Crippen LogP contribution in [0.1, 0.15) is 43.2 Å². The zero-order valence-corrected chi connectivity index (χ0v) is 18.5. The van der Waals surface area contributed by atoms with Crippen LogP contribution in [0.25, 0.3) is 0 Å². The van der Waals surface area contributed by atoms with Gasteiger partial charge in [-0.3, -0.25) is 9.59 Å². The predicted octanol–water partition coefficient (Wildman–Crippen LogP) is 5.23. The van der Waals surface area contributed by atoms with Crippen LogP contribution < -0.4 is 5.32 Å². The van der Waals surface area contributed by atoms with Gasteiger partial charge in [0.1, 0.15) is 5.82 Å². The van der Waals surface area contributed by atoms with Crippen molar-refractivity contribution in [2.75, 3.05) is 18.4 Å². The maximum absolute atomic E-state index is 12.7. The van der Waals surface area contributed by atoms with Gasteiger partial charge in [-0.2, -0.15) is 13.2 Å². The number of nitrogens with one attached hydrogen (secondary N) is 1. The first-order valence-electron chi connectivity index (χ1n) is 10.0. The quantitative estimate of drug-likeness (QED) is 0.614. The number of rotatable bonds is 5. The second-order valence-corrected chi connectivity index (χ2v) is 8.65. The van der Waals surface area contributed by atoms with Gasteiger partial charge in [-0.05, 0) is 64.5 Å². The number of halogens is 4. The first-order chi connectivity index (χ1) is 14.6. The number of benzene rings is 1. The third kappa shape index (κ3) is 6.29. The van der Waals surface area contributed by atoms with Crippen LogP contribution in [0.2, 0.25) is 0 Å². The van der Waals surface area contributed by atoms with Crippen LogP contribution in [0.3, 0.4) is 0 Å². The number of hydrogen-bond donors (Lipinski definition) is 1. The largest absolute Gasteiger partial charge is 0.416 e. The number of nitrogens with zero attached hydrogens (tertiary/aromatic N) is 2. The molecule has 1 aromatic carbocycles. The highest BCUT2D eigenvalue weighted by Gasteiger charge is 2.31. The molecular weight excluding hydrogens is 475 g/mol. The Bertz CT molecular complexity index is 909. The monoisotopic (exact) mass is 497 g/mol. The fraction of sp³-hybridized carbons (Fsp3) is 0.409. The van der Waals surface area contributed by atoms with Crippen molar-refractivity contribution in [3.05, 3.63) is 58.2 Å². The van der Waals surface area contributed by atoms with Gasteiger partial charge in [0.2, 0.25) is 11.8 Å². The lowest BCUT2D eigenvalue weighted by molar-refractivity contribution is -0.137. The van der Waals surface area contributed by atoms with E-state index in [1.807, 2.05) is 6.92 Å². The summed E-state index contributed by atoms with van der Waals surface area (Å²) in [6, 6.07) is 8.44. The molecule has 0 aliphatic carbocycles. The van der Waals surface area contributed by atoms with E-state index in [9.17, 15) is 22.8 Å². The highest BCUT2D eigenvalue weighted by molar-refractivity contribution is 9.10. The molecule has 1 atom stereocenters. The number of carbonyl (C=O) groups excluding carboxylic acids is 2. The fourth-order valence-electron chi connectivity index (χ4n) is 3.58. The van der Waals surface area contributed by atoms with Crippen LogP contribution in [0, 0.1) is 5.92 Å². The van der Waals surface area contributed by atoms with Gasteiger partial charge in [0.25, 0.3) is 0 Å². The van der Waals surface area contributed by atoms with Gasteiger partial charge >= 0.3 is 6.18 Å². The Labute approximate surface area is 187 Å². The third-order valence-electron chi connectivity index (χ3n) is 5.48. The average molecular weight is 498 g/mol. The van der Waals surface area contributed by atoms with E-state index in [1.165, 1.54) is 12.1 Å². The van der Waals surface area contributed by atoms with Gasteiger partial charge in [0.15, 0.2) is 0 Å². The van der Waals surface area contributed by atoms with Gasteiger partial charge < -0.3 is 10.2 Å². The summed E-state index contributed by atoms with van der Waals surface area (Å²) in [5, 5.41) is 2.80. The molecule has 2 aromatic rings. The summed E-state index contributed by atoms with van der Waals surface area (Å²) in [4.78, 5) is 30.9. The first-order valence-corrected chi connectivity index (χ1v) is 10.8. The van der Waals surface area contributed by atoms with Crippen molar-refractivity contribution in [2.45, 2.75) is 38.3 Å². The van der Waals surface area contributed by atoms with Crippen molar-refractivity contribution >= 4 is 33.6 Å². The number of carbonyl (C=O) groups is 2. The number of likely N-dealkylation sites (tertiary alicyclic amines) is 1. The Balaban J connectivity index is 1.48. The Kier molecular flexibility index (Phi) is 7.35. The maximum Gasteiger partial charge on any atom is 0.416 e. The minimum Gasteiger partial charge on any atom is -0.343 e. The van der Waals surface area contributed by atoms with Gasteiger partial charge in [0.05, 0.1) is 5.56 Å². The molecule has 3 rings (SSSR count). The van der Waals surface area contributed by atoms with Gasteiger partial charge in [-0.15, -0.1) is 0 Å². The smallest absolute Gasteiger partial charge is 0.343 e. The summed E-state index contributed by atoms with van der Waals surface area (Å²) in [5.74, 6) is -0.0703. The standard InChI is InChI=1S/C22H23BrF3N3O2/c1-14(15-2-4-17(5-3-15)22(24,25)26)12-20(30)29-10-8-16(9-11-29)21(31)28-19-7-6-18(23)13-27-19/h2-7,13-14,16H,8-12H2,1H3,(H,27,28,31). The van der Waals surface area contributed by atoms with Crippen molar-refractivity contribution in [1.82, 2.24) is 9.88 Å². The summed E-state index contributed by atoms with van der Waals surface area (Å²) in [5.41, 5.74) is -0.00826. The second-order valence-electron chi connectivity index (χ2n) is 7.73. The molecule has 1 N–H and O–H groups in total. The van der Waals surface area contributed by atoms with E-state index in [0.29, 0.717) is 37.3 Å². The second kappa shape index (κ2) is 9.80. The van der Waals surface area contributed by atoms with E-state index in [1.54, 1.807) is 23.2 Å². The minimum atomic E-state index is -4.37. The topological polar surface area (TPSA) is 62.3 Å². The van der Waals surface area contributed by atoms with Gasteiger partial charge in [-0.1, -0.05) is 19.1 Å². The molecule has 5 nitrogen and oxygen atoms in total.